The number of benzene rings is 1. The van der Waals surface area contributed by atoms with Crippen LogP contribution in [0.2, 0.25) is 0 Å². The van der Waals surface area contributed by atoms with Crippen molar-refractivity contribution >= 4 is 23.0 Å². The maximum absolute atomic E-state index is 12.1. The van der Waals surface area contributed by atoms with Gasteiger partial charge in [-0.3, -0.25) is 14.9 Å². The standard InChI is InChI=1S/C12H13N3O4/c1-8-11(6-7-16)12(17)14(13-8)9-2-4-10(5-3-9)15(18)19/h2-5,11,16H,6-7H2,1H3. The van der Waals surface area contributed by atoms with Crippen LogP contribution in [0.25, 0.3) is 0 Å². The molecule has 1 aromatic carbocycles. The maximum atomic E-state index is 12.1. The lowest BCUT2D eigenvalue weighted by atomic mass is 10.0. The van der Waals surface area contributed by atoms with Gasteiger partial charge in [-0.05, 0) is 25.5 Å². The topological polar surface area (TPSA) is 96.0 Å². The predicted molar refractivity (Wildman–Crippen MR) is 68.9 cm³/mol. The van der Waals surface area contributed by atoms with Gasteiger partial charge in [0.25, 0.3) is 11.6 Å². The summed E-state index contributed by atoms with van der Waals surface area (Å²) in [4.78, 5) is 22.1. The molecular formula is C12H13N3O4. The molecular weight excluding hydrogens is 250 g/mol. The summed E-state index contributed by atoms with van der Waals surface area (Å²) in [5.41, 5.74) is 1.08. The van der Waals surface area contributed by atoms with Gasteiger partial charge in [0, 0.05) is 24.5 Å². The summed E-state index contributed by atoms with van der Waals surface area (Å²) in [7, 11) is 0. The number of rotatable bonds is 4. The van der Waals surface area contributed by atoms with Crippen molar-refractivity contribution in [3.05, 3.63) is 34.4 Å². The van der Waals surface area contributed by atoms with Crippen LogP contribution in [0.1, 0.15) is 13.3 Å². The van der Waals surface area contributed by atoms with Crippen molar-refractivity contribution in [3.8, 4) is 0 Å². The second-order valence-electron chi connectivity index (χ2n) is 4.23. The van der Waals surface area contributed by atoms with Crippen LogP contribution < -0.4 is 5.01 Å². The van der Waals surface area contributed by atoms with Gasteiger partial charge in [-0.1, -0.05) is 0 Å². The summed E-state index contributed by atoms with van der Waals surface area (Å²) in [6.07, 6.45) is 0.331. The highest BCUT2D eigenvalue weighted by Gasteiger charge is 2.33. The zero-order valence-corrected chi connectivity index (χ0v) is 10.3. The number of hydrogen-bond donors (Lipinski definition) is 1. The lowest BCUT2D eigenvalue weighted by Crippen LogP contribution is -2.27. The van der Waals surface area contributed by atoms with Crippen LogP contribution in [-0.4, -0.2) is 28.3 Å². The van der Waals surface area contributed by atoms with Crippen molar-refractivity contribution in [2.24, 2.45) is 11.0 Å². The van der Waals surface area contributed by atoms with Gasteiger partial charge in [-0.15, -0.1) is 0 Å². The molecule has 0 fully saturated rings. The summed E-state index contributed by atoms with van der Waals surface area (Å²) < 4.78 is 0. The van der Waals surface area contributed by atoms with Crippen molar-refractivity contribution in [2.45, 2.75) is 13.3 Å². The molecule has 1 aliphatic rings. The van der Waals surface area contributed by atoms with Crippen molar-refractivity contribution in [3.63, 3.8) is 0 Å². The lowest BCUT2D eigenvalue weighted by molar-refractivity contribution is -0.384. The lowest BCUT2D eigenvalue weighted by Gasteiger charge is -2.13. The van der Waals surface area contributed by atoms with Crippen molar-refractivity contribution in [2.75, 3.05) is 11.6 Å². The third-order valence-corrected chi connectivity index (χ3v) is 2.99. The molecule has 0 aliphatic carbocycles. The number of anilines is 1. The molecule has 0 saturated carbocycles. The molecule has 1 amide bonds. The minimum Gasteiger partial charge on any atom is -0.396 e. The van der Waals surface area contributed by atoms with E-state index in [1.54, 1.807) is 6.92 Å². The van der Waals surface area contributed by atoms with E-state index in [-0.39, 0.29) is 18.2 Å². The first-order chi connectivity index (χ1) is 9.04. The molecule has 0 spiro atoms. The van der Waals surface area contributed by atoms with E-state index in [9.17, 15) is 14.9 Å². The second kappa shape index (κ2) is 5.15. The summed E-state index contributed by atoms with van der Waals surface area (Å²) >= 11 is 0. The Kier molecular flexibility index (Phi) is 3.57. The Morgan fingerprint density at radius 3 is 2.58 bits per heavy atom. The van der Waals surface area contributed by atoms with E-state index in [0.29, 0.717) is 17.8 Å². The van der Waals surface area contributed by atoms with Gasteiger partial charge >= 0.3 is 0 Å². The molecule has 0 saturated heterocycles. The smallest absolute Gasteiger partial charge is 0.269 e. The van der Waals surface area contributed by atoms with E-state index in [2.05, 4.69) is 5.10 Å². The SMILES string of the molecule is CC1=NN(c2ccc([N+](=O)[O-])cc2)C(=O)C1CCO. The van der Waals surface area contributed by atoms with Gasteiger partial charge in [0.15, 0.2) is 0 Å². The molecule has 1 N–H and O–H groups in total. The Morgan fingerprint density at radius 1 is 1.42 bits per heavy atom. The van der Waals surface area contributed by atoms with Crippen molar-refractivity contribution in [1.82, 2.24) is 0 Å². The Labute approximate surface area is 109 Å². The number of hydrogen-bond acceptors (Lipinski definition) is 5. The van der Waals surface area contributed by atoms with Crippen LogP contribution in [0.15, 0.2) is 29.4 Å². The molecule has 0 radical (unpaired) electrons. The van der Waals surface area contributed by atoms with E-state index < -0.39 is 10.8 Å². The number of aliphatic hydroxyl groups excluding tert-OH is 1. The average molecular weight is 263 g/mol. The Morgan fingerprint density at radius 2 is 2.05 bits per heavy atom. The van der Waals surface area contributed by atoms with Crippen LogP contribution >= 0.6 is 0 Å². The highest BCUT2D eigenvalue weighted by molar-refractivity contribution is 6.14. The second-order valence-corrected chi connectivity index (χ2v) is 4.23. The highest BCUT2D eigenvalue weighted by Crippen LogP contribution is 2.26. The largest absolute Gasteiger partial charge is 0.396 e. The molecule has 7 heteroatoms. The predicted octanol–water partition coefficient (Wildman–Crippen LogP) is 1.32. The van der Waals surface area contributed by atoms with Crippen LogP contribution in [-0.2, 0) is 4.79 Å². The summed E-state index contributed by atoms with van der Waals surface area (Å²) in [5.74, 6) is -0.638. The fourth-order valence-electron chi connectivity index (χ4n) is 1.97. The Balaban J connectivity index is 2.23. The number of amides is 1. The number of nitro groups is 1. The zero-order valence-electron chi connectivity index (χ0n) is 10.3. The molecule has 1 atom stereocenters. The van der Waals surface area contributed by atoms with E-state index in [4.69, 9.17) is 5.11 Å². The maximum Gasteiger partial charge on any atom is 0.269 e. The first kappa shape index (κ1) is 13.2. The van der Waals surface area contributed by atoms with Gasteiger partial charge in [0.2, 0.25) is 0 Å². The minimum atomic E-state index is -0.501. The van der Waals surface area contributed by atoms with Gasteiger partial charge in [0.05, 0.1) is 16.5 Å². The Bertz CT molecular complexity index is 538. The van der Waals surface area contributed by atoms with Gasteiger partial charge in [0.1, 0.15) is 0 Å². The number of nitrogens with zero attached hydrogens (tertiary/aromatic N) is 3. The molecule has 19 heavy (non-hydrogen) atoms. The summed E-state index contributed by atoms with van der Waals surface area (Å²) in [6.45, 7) is 1.64. The van der Waals surface area contributed by atoms with E-state index in [1.165, 1.54) is 29.3 Å². The van der Waals surface area contributed by atoms with Crippen LogP contribution in [0.3, 0.4) is 0 Å². The molecule has 1 unspecified atom stereocenters. The minimum absolute atomic E-state index is 0.0389. The highest BCUT2D eigenvalue weighted by atomic mass is 16.6. The average Bonchev–Trinajstić information content (AvgIpc) is 2.67. The van der Waals surface area contributed by atoms with Crippen molar-refractivity contribution < 1.29 is 14.8 Å². The van der Waals surface area contributed by atoms with Gasteiger partial charge in [-0.25, -0.2) is 5.01 Å². The van der Waals surface area contributed by atoms with Gasteiger partial charge in [-0.2, -0.15) is 5.10 Å². The number of hydrazone groups is 1. The van der Waals surface area contributed by atoms with Crippen LogP contribution in [0.4, 0.5) is 11.4 Å². The first-order valence-electron chi connectivity index (χ1n) is 5.79. The monoisotopic (exact) mass is 263 g/mol. The molecule has 1 aromatic rings. The molecule has 100 valence electrons. The molecule has 2 rings (SSSR count). The molecule has 0 bridgehead atoms. The Hall–Kier alpha value is -2.28. The van der Waals surface area contributed by atoms with E-state index in [0.717, 1.165) is 0 Å². The quantitative estimate of drug-likeness (QED) is 0.654. The third-order valence-electron chi connectivity index (χ3n) is 2.99. The van der Waals surface area contributed by atoms with Crippen LogP contribution in [0, 0.1) is 16.0 Å². The number of non-ortho nitro benzene ring substituents is 1. The van der Waals surface area contributed by atoms with Gasteiger partial charge < -0.3 is 5.11 Å². The summed E-state index contributed by atoms with van der Waals surface area (Å²) in [5, 5.41) is 24.8. The van der Waals surface area contributed by atoms with Crippen molar-refractivity contribution in [1.29, 1.82) is 0 Å². The number of carbonyl (C=O) groups excluding carboxylic acids is 1. The van der Waals surface area contributed by atoms with E-state index in [1.807, 2.05) is 0 Å². The molecule has 1 heterocycles. The fraction of sp³-hybridized carbons (Fsp3) is 0.333. The van der Waals surface area contributed by atoms with Crippen LogP contribution in [0.5, 0.6) is 0 Å². The number of aliphatic hydroxyl groups is 1. The fourth-order valence-corrected chi connectivity index (χ4v) is 1.97. The van der Waals surface area contributed by atoms with E-state index >= 15 is 0 Å². The number of carbonyl (C=O) groups is 1. The molecule has 1 aliphatic heterocycles. The normalized spacial score (nSPS) is 18.6. The summed E-state index contributed by atoms with van der Waals surface area (Å²) in [6, 6.07) is 5.61. The zero-order chi connectivity index (χ0) is 14.0. The molecule has 7 nitrogen and oxygen atoms in total. The third kappa shape index (κ3) is 2.45. The first-order valence-corrected chi connectivity index (χ1v) is 5.79. The number of nitro benzene ring substituents is 1. The molecule has 0 aromatic heterocycles.